The molecule has 4 rings (SSSR count). The van der Waals surface area contributed by atoms with E-state index in [1.165, 1.54) is 0 Å². The normalized spacial score (nSPS) is 16.8. The molecule has 0 aliphatic carbocycles. The van der Waals surface area contributed by atoms with E-state index in [2.05, 4.69) is 15.1 Å². The smallest absolute Gasteiger partial charge is 0.255 e. The monoisotopic (exact) mass is 347 g/mol. The Labute approximate surface area is 152 Å². The molecule has 0 aromatic carbocycles. The van der Waals surface area contributed by atoms with E-state index in [0.717, 1.165) is 42.3 Å². The van der Waals surface area contributed by atoms with E-state index in [1.807, 2.05) is 55.1 Å². The largest absolute Gasteiger partial charge is 0.330 e. The van der Waals surface area contributed by atoms with Gasteiger partial charge in [0.1, 0.15) is 0 Å². The maximum absolute atomic E-state index is 13.0. The maximum Gasteiger partial charge on any atom is 0.255 e. The molecule has 0 N–H and O–H groups in total. The average Bonchev–Trinajstić information content (AvgIpc) is 3.28. The van der Waals surface area contributed by atoms with Gasteiger partial charge >= 0.3 is 0 Å². The zero-order chi connectivity index (χ0) is 18.1. The first-order valence-electron chi connectivity index (χ1n) is 8.85. The molecule has 1 aliphatic rings. The number of likely N-dealkylation sites (tertiary alicyclic amines) is 1. The highest BCUT2D eigenvalue weighted by Gasteiger charge is 2.31. The van der Waals surface area contributed by atoms with Crippen LogP contribution in [0.5, 0.6) is 0 Å². The number of carbonyl (C=O) groups excluding carboxylic acids is 1. The molecule has 6 nitrogen and oxygen atoms in total. The molecule has 0 saturated carbocycles. The van der Waals surface area contributed by atoms with Gasteiger partial charge in [-0.25, -0.2) is 9.67 Å². The summed E-state index contributed by atoms with van der Waals surface area (Å²) < 4.78 is 1.79. The van der Waals surface area contributed by atoms with Crippen LogP contribution >= 0.6 is 0 Å². The van der Waals surface area contributed by atoms with Gasteiger partial charge < -0.3 is 4.90 Å². The van der Waals surface area contributed by atoms with Crippen molar-refractivity contribution in [2.45, 2.75) is 32.7 Å². The van der Waals surface area contributed by atoms with Gasteiger partial charge in [-0.05, 0) is 57.0 Å². The lowest BCUT2D eigenvalue weighted by atomic mass is 10.1. The van der Waals surface area contributed by atoms with Gasteiger partial charge in [-0.15, -0.1) is 0 Å². The fourth-order valence-corrected chi connectivity index (χ4v) is 3.55. The van der Waals surface area contributed by atoms with Crippen LogP contribution in [0.25, 0.3) is 5.82 Å². The van der Waals surface area contributed by atoms with Gasteiger partial charge in [0.15, 0.2) is 5.82 Å². The Balaban J connectivity index is 1.57. The van der Waals surface area contributed by atoms with E-state index in [1.54, 1.807) is 17.1 Å². The molecule has 3 aromatic heterocycles. The number of hydrogen-bond donors (Lipinski definition) is 0. The zero-order valence-electron chi connectivity index (χ0n) is 15.0. The topological polar surface area (TPSA) is 63.9 Å². The number of carbonyl (C=O) groups is 1. The highest BCUT2D eigenvalue weighted by atomic mass is 16.2. The summed E-state index contributed by atoms with van der Waals surface area (Å²) in [5, 5.41) is 4.43. The molecule has 1 aliphatic heterocycles. The standard InChI is InChI=1S/C20H21N5O/c1-14-12-15(2)25(23-14)19-9-8-16(13-22-19)20(26)24-11-5-7-18(24)17-6-3-4-10-21-17/h3-4,6,8-10,12-13,18H,5,7,11H2,1-2H3/t18-/m0/s1. The van der Waals surface area contributed by atoms with Crippen molar-refractivity contribution in [3.05, 3.63) is 71.4 Å². The van der Waals surface area contributed by atoms with Gasteiger partial charge in [0, 0.05) is 24.6 Å². The molecule has 1 saturated heterocycles. The van der Waals surface area contributed by atoms with Crippen molar-refractivity contribution in [1.82, 2.24) is 24.6 Å². The van der Waals surface area contributed by atoms with E-state index in [9.17, 15) is 4.79 Å². The summed E-state index contributed by atoms with van der Waals surface area (Å²) >= 11 is 0. The minimum absolute atomic E-state index is 0.00516. The summed E-state index contributed by atoms with van der Waals surface area (Å²) in [6.07, 6.45) is 5.35. The molecule has 0 bridgehead atoms. The third-order valence-corrected chi connectivity index (χ3v) is 4.76. The zero-order valence-corrected chi connectivity index (χ0v) is 15.0. The second-order valence-corrected chi connectivity index (χ2v) is 6.66. The average molecular weight is 347 g/mol. The maximum atomic E-state index is 13.0. The SMILES string of the molecule is Cc1cc(C)n(-c2ccc(C(=O)N3CCC[C@H]3c3ccccn3)cn2)n1. The van der Waals surface area contributed by atoms with Crippen LogP contribution in [0.15, 0.2) is 48.8 Å². The van der Waals surface area contributed by atoms with Crippen LogP contribution in [0.4, 0.5) is 0 Å². The van der Waals surface area contributed by atoms with Crippen molar-refractivity contribution >= 4 is 5.91 Å². The number of hydrogen-bond acceptors (Lipinski definition) is 4. The van der Waals surface area contributed by atoms with Crippen molar-refractivity contribution in [2.75, 3.05) is 6.54 Å². The number of aryl methyl sites for hydroxylation is 2. The molecule has 0 unspecified atom stereocenters. The molecule has 3 aromatic rings. The van der Waals surface area contributed by atoms with E-state index in [0.29, 0.717) is 5.56 Å². The predicted molar refractivity (Wildman–Crippen MR) is 98.1 cm³/mol. The van der Waals surface area contributed by atoms with Crippen molar-refractivity contribution in [3.63, 3.8) is 0 Å². The summed E-state index contributed by atoms with van der Waals surface area (Å²) in [5.41, 5.74) is 3.51. The first kappa shape index (κ1) is 16.4. The Hall–Kier alpha value is -3.02. The summed E-state index contributed by atoms with van der Waals surface area (Å²) in [5.74, 6) is 0.723. The first-order valence-corrected chi connectivity index (χ1v) is 8.85. The summed E-state index contributed by atoms with van der Waals surface area (Å²) in [7, 11) is 0. The molecule has 1 amide bonds. The van der Waals surface area contributed by atoms with Crippen LogP contribution < -0.4 is 0 Å². The van der Waals surface area contributed by atoms with Gasteiger partial charge in [0.25, 0.3) is 5.91 Å². The van der Waals surface area contributed by atoms with Gasteiger partial charge in [-0.3, -0.25) is 9.78 Å². The molecule has 1 atom stereocenters. The predicted octanol–water partition coefficient (Wildman–Crippen LogP) is 3.26. The lowest BCUT2D eigenvalue weighted by Crippen LogP contribution is -2.31. The molecule has 6 heteroatoms. The minimum atomic E-state index is 0.00516. The van der Waals surface area contributed by atoms with Crippen molar-refractivity contribution in [1.29, 1.82) is 0 Å². The molecule has 0 radical (unpaired) electrons. The Morgan fingerprint density at radius 1 is 1.15 bits per heavy atom. The van der Waals surface area contributed by atoms with Gasteiger partial charge in [-0.1, -0.05) is 6.07 Å². The quantitative estimate of drug-likeness (QED) is 0.729. The number of pyridine rings is 2. The molecular formula is C20H21N5O. The number of aromatic nitrogens is 4. The molecule has 0 spiro atoms. The molecule has 26 heavy (non-hydrogen) atoms. The van der Waals surface area contributed by atoms with Crippen LogP contribution in [0.3, 0.4) is 0 Å². The van der Waals surface area contributed by atoms with E-state index in [4.69, 9.17) is 0 Å². The van der Waals surface area contributed by atoms with Crippen LogP contribution in [-0.2, 0) is 0 Å². The first-order chi connectivity index (χ1) is 12.6. The third-order valence-electron chi connectivity index (χ3n) is 4.76. The molecule has 4 heterocycles. The van der Waals surface area contributed by atoms with E-state index < -0.39 is 0 Å². The highest BCUT2D eigenvalue weighted by Crippen LogP contribution is 2.31. The molecular weight excluding hydrogens is 326 g/mol. The molecule has 1 fully saturated rings. The molecule has 132 valence electrons. The fraction of sp³-hybridized carbons (Fsp3) is 0.300. The van der Waals surface area contributed by atoms with E-state index >= 15 is 0 Å². The van der Waals surface area contributed by atoms with Gasteiger partial charge in [0.05, 0.1) is 23.0 Å². The minimum Gasteiger partial charge on any atom is -0.330 e. The van der Waals surface area contributed by atoms with Crippen LogP contribution in [0.1, 0.15) is 46.3 Å². The summed E-state index contributed by atoms with van der Waals surface area (Å²) in [6.45, 7) is 4.69. The lowest BCUT2D eigenvalue weighted by Gasteiger charge is -2.24. The van der Waals surface area contributed by atoms with E-state index in [-0.39, 0.29) is 11.9 Å². The summed E-state index contributed by atoms with van der Waals surface area (Å²) in [6, 6.07) is 11.6. The van der Waals surface area contributed by atoms with Crippen LogP contribution in [0, 0.1) is 13.8 Å². The van der Waals surface area contributed by atoms with Crippen molar-refractivity contribution in [2.24, 2.45) is 0 Å². The third kappa shape index (κ3) is 2.98. The Bertz CT molecular complexity index is 917. The lowest BCUT2D eigenvalue weighted by molar-refractivity contribution is 0.0732. The second-order valence-electron chi connectivity index (χ2n) is 6.66. The Morgan fingerprint density at radius 2 is 2.04 bits per heavy atom. The summed E-state index contributed by atoms with van der Waals surface area (Å²) in [4.78, 5) is 23.8. The fourth-order valence-electron chi connectivity index (χ4n) is 3.55. The van der Waals surface area contributed by atoms with Crippen molar-refractivity contribution in [3.8, 4) is 5.82 Å². The highest BCUT2D eigenvalue weighted by molar-refractivity contribution is 5.94. The second kappa shape index (κ2) is 6.71. The van der Waals surface area contributed by atoms with Crippen LogP contribution in [-0.4, -0.2) is 37.1 Å². The Morgan fingerprint density at radius 3 is 2.69 bits per heavy atom. The Kier molecular flexibility index (Phi) is 4.24. The van der Waals surface area contributed by atoms with Gasteiger partial charge in [0.2, 0.25) is 0 Å². The number of amides is 1. The van der Waals surface area contributed by atoms with Crippen molar-refractivity contribution < 1.29 is 4.79 Å². The van der Waals surface area contributed by atoms with Crippen LogP contribution in [0.2, 0.25) is 0 Å². The van der Waals surface area contributed by atoms with Gasteiger partial charge in [-0.2, -0.15) is 5.10 Å². The number of nitrogens with zero attached hydrogens (tertiary/aromatic N) is 5. The number of rotatable bonds is 3.